The highest BCUT2D eigenvalue weighted by Crippen LogP contribution is 2.34. The van der Waals surface area contributed by atoms with E-state index >= 15 is 0 Å². The van der Waals surface area contributed by atoms with Gasteiger partial charge in [0.15, 0.2) is 0 Å². The van der Waals surface area contributed by atoms with E-state index < -0.39 is 17.5 Å². The maximum absolute atomic E-state index is 11.3. The van der Waals surface area contributed by atoms with Crippen LogP contribution in [0.15, 0.2) is 0 Å². The molecule has 0 saturated heterocycles. The first kappa shape index (κ1) is 10.8. The van der Waals surface area contributed by atoms with Gasteiger partial charge in [-0.3, -0.25) is 0 Å². The summed E-state index contributed by atoms with van der Waals surface area (Å²) in [6.45, 7) is 4.83. The molecule has 0 unspecified atom stereocenters. The number of carbonyl (C=O) groups excluding carboxylic acids is 1. The number of hydrogen-bond donors (Lipinski definition) is 3. The smallest absolute Gasteiger partial charge is 0.328 e. The van der Waals surface area contributed by atoms with Gasteiger partial charge in [-0.2, -0.15) is 0 Å². The summed E-state index contributed by atoms with van der Waals surface area (Å²) < 4.78 is 0. The van der Waals surface area contributed by atoms with Crippen LogP contribution in [0.4, 0.5) is 4.79 Å². The fourth-order valence-electron chi connectivity index (χ4n) is 0.955. The van der Waals surface area contributed by atoms with Crippen LogP contribution < -0.4 is 10.6 Å². The minimum atomic E-state index is -1.23. The van der Waals surface area contributed by atoms with Crippen LogP contribution >= 0.6 is 0 Å². The molecule has 5 nitrogen and oxygen atoms in total. The van der Waals surface area contributed by atoms with Gasteiger partial charge in [-0.05, 0) is 33.6 Å². The maximum atomic E-state index is 11.3. The van der Waals surface area contributed by atoms with E-state index in [0.717, 1.165) is 12.8 Å². The van der Waals surface area contributed by atoms with Crippen LogP contribution in [0.2, 0.25) is 0 Å². The van der Waals surface area contributed by atoms with E-state index in [9.17, 15) is 9.59 Å². The van der Waals surface area contributed by atoms with E-state index in [-0.39, 0.29) is 5.54 Å². The van der Waals surface area contributed by atoms with Gasteiger partial charge in [0, 0.05) is 5.54 Å². The predicted molar refractivity (Wildman–Crippen MR) is 51.0 cm³/mol. The molecule has 0 aromatic heterocycles. The molecule has 1 aliphatic rings. The summed E-state index contributed by atoms with van der Waals surface area (Å²) in [5, 5.41) is 13.9. The Balaban J connectivity index is 2.44. The Morgan fingerprint density at radius 3 is 2.21 bits per heavy atom. The van der Waals surface area contributed by atoms with Crippen molar-refractivity contribution in [2.45, 2.75) is 44.7 Å². The second kappa shape index (κ2) is 3.15. The Hall–Kier alpha value is -1.26. The van der Waals surface area contributed by atoms with E-state index in [1.807, 2.05) is 6.92 Å². The third-order valence-electron chi connectivity index (χ3n) is 2.38. The molecule has 1 saturated carbocycles. The Morgan fingerprint density at radius 2 is 1.86 bits per heavy atom. The van der Waals surface area contributed by atoms with Gasteiger partial charge >= 0.3 is 12.0 Å². The topological polar surface area (TPSA) is 78.4 Å². The van der Waals surface area contributed by atoms with Gasteiger partial charge in [0.25, 0.3) is 0 Å². The first-order valence-corrected chi connectivity index (χ1v) is 4.59. The number of carboxylic acid groups (broad SMARTS) is 1. The molecular formula is C9H16N2O3. The molecule has 0 radical (unpaired) electrons. The van der Waals surface area contributed by atoms with E-state index in [1.54, 1.807) is 0 Å². The van der Waals surface area contributed by atoms with Crippen LogP contribution in [-0.2, 0) is 4.79 Å². The lowest BCUT2D eigenvalue weighted by Gasteiger charge is -2.22. The molecule has 0 aromatic rings. The zero-order chi connectivity index (χ0) is 11.0. The number of aliphatic carboxylic acids is 1. The van der Waals surface area contributed by atoms with E-state index in [0.29, 0.717) is 0 Å². The summed E-state index contributed by atoms with van der Waals surface area (Å²) in [5.74, 6) is -1.05. The zero-order valence-electron chi connectivity index (χ0n) is 8.68. The van der Waals surface area contributed by atoms with Crippen molar-refractivity contribution in [3.63, 3.8) is 0 Å². The first-order chi connectivity index (χ1) is 6.25. The molecule has 0 bridgehead atoms. The third-order valence-corrected chi connectivity index (χ3v) is 2.38. The molecule has 3 N–H and O–H groups in total. The minimum absolute atomic E-state index is 0.126. The lowest BCUT2D eigenvalue weighted by molar-refractivity contribution is -0.142. The number of carboxylic acids is 1. The standard InChI is InChI=1S/C9H16N2O3/c1-8(2,6(12)13)10-7(14)11-9(3)4-5-9/h4-5H2,1-3H3,(H,12,13)(H2,10,11,14). The predicted octanol–water partition coefficient (Wildman–Crippen LogP) is 0.701. The normalized spacial score (nSPS) is 18.5. The van der Waals surface area contributed by atoms with Crippen molar-refractivity contribution in [2.75, 3.05) is 0 Å². The largest absolute Gasteiger partial charge is 0.480 e. The van der Waals surface area contributed by atoms with Gasteiger partial charge in [0.2, 0.25) is 0 Å². The fourth-order valence-corrected chi connectivity index (χ4v) is 0.955. The summed E-state index contributed by atoms with van der Waals surface area (Å²) in [7, 11) is 0. The van der Waals surface area contributed by atoms with Crippen LogP contribution in [0.1, 0.15) is 33.6 Å². The zero-order valence-corrected chi connectivity index (χ0v) is 8.68. The van der Waals surface area contributed by atoms with Crippen molar-refractivity contribution in [2.24, 2.45) is 0 Å². The molecule has 80 valence electrons. The molecule has 1 fully saturated rings. The van der Waals surface area contributed by atoms with Crippen LogP contribution in [0, 0.1) is 0 Å². The summed E-state index contributed by atoms with van der Waals surface area (Å²) >= 11 is 0. The van der Waals surface area contributed by atoms with Crippen LogP contribution in [0.25, 0.3) is 0 Å². The third kappa shape index (κ3) is 2.61. The van der Waals surface area contributed by atoms with E-state index in [2.05, 4.69) is 10.6 Å². The highest BCUT2D eigenvalue weighted by Gasteiger charge is 2.40. The SMILES string of the molecule is CC1(NC(=O)NC(C)(C)C(=O)O)CC1. The first-order valence-electron chi connectivity index (χ1n) is 4.59. The van der Waals surface area contributed by atoms with Crippen molar-refractivity contribution in [3.8, 4) is 0 Å². The molecule has 1 aliphatic carbocycles. The van der Waals surface area contributed by atoms with Gasteiger partial charge in [-0.25, -0.2) is 9.59 Å². The van der Waals surface area contributed by atoms with Crippen molar-refractivity contribution < 1.29 is 14.7 Å². The Kier molecular flexibility index (Phi) is 2.43. The average Bonchev–Trinajstić information content (AvgIpc) is 2.65. The lowest BCUT2D eigenvalue weighted by atomic mass is 10.1. The maximum Gasteiger partial charge on any atom is 0.328 e. The molecule has 0 spiro atoms. The van der Waals surface area contributed by atoms with Crippen molar-refractivity contribution >= 4 is 12.0 Å². The monoisotopic (exact) mass is 200 g/mol. The average molecular weight is 200 g/mol. The molecule has 2 amide bonds. The van der Waals surface area contributed by atoms with Crippen molar-refractivity contribution in [1.29, 1.82) is 0 Å². The van der Waals surface area contributed by atoms with Crippen molar-refractivity contribution in [3.05, 3.63) is 0 Å². The van der Waals surface area contributed by atoms with Crippen molar-refractivity contribution in [1.82, 2.24) is 10.6 Å². The van der Waals surface area contributed by atoms with Gasteiger partial charge in [-0.1, -0.05) is 0 Å². The van der Waals surface area contributed by atoms with E-state index in [4.69, 9.17) is 5.11 Å². The summed E-state index contributed by atoms with van der Waals surface area (Å²) in [6.07, 6.45) is 1.90. The summed E-state index contributed by atoms with van der Waals surface area (Å²) in [4.78, 5) is 22.0. The Bertz CT molecular complexity index is 269. The molecule has 0 heterocycles. The second-order valence-corrected chi connectivity index (χ2v) is 4.57. The fraction of sp³-hybridized carbons (Fsp3) is 0.778. The van der Waals surface area contributed by atoms with Gasteiger partial charge in [0.05, 0.1) is 0 Å². The molecule has 14 heavy (non-hydrogen) atoms. The lowest BCUT2D eigenvalue weighted by Crippen LogP contribution is -2.55. The number of urea groups is 1. The molecule has 0 aromatic carbocycles. The van der Waals surface area contributed by atoms with E-state index in [1.165, 1.54) is 13.8 Å². The molecule has 0 atom stereocenters. The minimum Gasteiger partial charge on any atom is -0.480 e. The van der Waals surface area contributed by atoms with Crippen LogP contribution in [0.5, 0.6) is 0 Å². The van der Waals surface area contributed by atoms with Crippen LogP contribution in [-0.4, -0.2) is 28.2 Å². The Labute approximate surface area is 82.9 Å². The quantitative estimate of drug-likeness (QED) is 0.627. The summed E-state index contributed by atoms with van der Waals surface area (Å²) in [5.41, 5.74) is -1.35. The van der Waals surface area contributed by atoms with Gasteiger partial charge in [-0.15, -0.1) is 0 Å². The molecule has 0 aliphatic heterocycles. The van der Waals surface area contributed by atoms with Gasteiger partial charge in [0.1, 0.15) is 5.54 Å². The summed E-state index contributed by atoms with van der Waals surface area (Å²) in [6, 6.07) is -0.419. The number of hydrogen-bond acceptors (Lipinski definition) is 2. The van der Waals surface area contributed by atoms with Crippen LogP contribution in [0.3, 0.4) is 0 Å². The number of carbonyl (C=O) groups is 2. The molecule has 5 heteroatoms. The highest BCUT2D eigenvalue weighted by atomic mass is 16.4. The number of rotatable bonds is 3. The molecular weight excluding hydrogens is 184 g/mol. The second-order valence-electron chi connectivity index (χ2n) is 4.57. The van der Waals surface area contributed by atoms with Gasteiger partial charge < -0.3 is 15.7 Å². The molecule has 1 rings (SSSR count). The Morgan fingerprint density at radius 1 is 1.36 bits per heavy atom. The number of nitrogens with one attached hydrogen (secondary N) is 2. The highest BCUT2D eigenvalue weighted by molar-refractivity contribution is 5.85. The number of amides is 2.